The Hall–Kier alpha value is -1.10. The quantitative estimate of drug-likeness (QED) is 0.475. The molecule has 0 amide bonds. The number of nitro benzene ring substituents is 1. The number of halogens is 1. The lowest BCUT2D eigenvalue weighted by Gasteiger charge is -2.03. The van der Waals surface area contributed by atoms with Crippen LogP contribution in [-0.4, -0.2) is 17.4 Å². The monoisotopic (exact) mass is 259 g/mol. The van der Waals surface area contributed by atoms with Gasteiger partial charge in [0, 0.05) is 17.0 Å². The summed E-state index contributed by atoms with van der Waals surface area (Å²) in [6.45, 7) is 0. The zero-order valence-electron chi connectivity index (χ0n) is 7.70. The van der Waals surface area contributed by atoms with Crippen LogP contribution in [-0.2, 0) is 6.42 Å². The number of methoxy groups -OCH3 is 1. The minimum Gasteiger partial charge on any atom is -0.497 e. The van der Waals surface area contributed by atoms with Gasteiger partial charge in [0.25, 0.3) is 5.69 Å². The first kappa shape index (κ1) is 11.0. The maximum absolute atomic E-state index is 10.6. The molecule has 76 valence electrons. The Morgan fingerprint density at radius 2 is 2.29 bits per heavy atom. The molecule has 14 heavy (non-hydrogen) atoms. The molecule has 1 aromatic rings. The number of rotatable bonds is 4. The molecule has 0 radical (unpaired) electrons. The van der Waals surface area contributed by atoms with Gasteiger partial charge in [0.15, 0.2) is 0 Å². The summed E-state index contributed by atoms with van der Waals surface area (Å²) in [4.78, 5) is 10.3. The van der Waals surface area contributed by atoms with Crippen molar-refractivity contribution in [2.45, 2.75) is 6.42 Å². The van der Waals surface area contributed by atoms with Crippen LogP contribution in [0.5, 0.6) is 5.75 Å². The number of alkyl halides is 1. The minimum absolute atomic E-state index is 0.144. The average molecular weight is 260 g/mol. The summed E-state index contributed by atoms with van der Waals surface area (Å²) in [7, 11) is 1.54. The first-order valence-corrected chi connectivity index (χ1v) is 5.18. The van der Waals surface area contributed by atoms with Crippen molar-refractivity contribution < 1.29 is 9.66 Å². The van der Waals surface area contributed by atoms with Gasteiger partial charge in [0.05, 0.1) is 12.0 Å². The number of ether oxygens (including phenoxy) is 1. The van der Waals surface area contributed by atoms with Crippen LogP contribution < -0.4 is 4.74 Å². The van der Waals surface area contributed by atoms with E-state index in [1.807, 2.05) is 0 Å². The zero-order valence-corrected chi connectivity index (χ0v) is 9.28. The Balaban J connectivity index is 3.10. The Morgan fingerprint density at radius 1 is 1.57 bits per heavy atom. The first-order valence-electron chi connectivity index (χ1n) is 4.06. The molecule has 0 saturated heterocycles. The van der Waals surface area contributed by atoms with Crippen molar-refractivity contribution in [3.8, 4) is 5.75 Å². The summed E-state index contributed by atoms with van der Waals surface area (Å²) in [6, 6.07) is 4.76. The van der Waals surface area contributed by atoms with Gasteiger partial charge in [-0.05, 0) is 18.6 Å². The smallest absolute Gasteiger partial charge is 0.272 e. The zero-order chi connectivity index (χ0) is 10.6. The van der Waals surface area contributed by atoms with Crippen LogP contribution in [0.1, 0.15) is 5.56 Å². The fraction of sp³-hybridized carbons (Fsp3) is 0.333. The van der Waals surface area contributed by atoms with Gasteiger partial charge < -0.3 is 4.74 Å². The van der Waals surface area contributed by atoms with Crippen LogP contribution in [0.2, 0.25) is 0 Å². The minimum atomic E-state index is -0.378. The standard InChI is InChI=1S/C9H10BrNO3/c1-14-8-2-3-9(11(12)13)7(6-8)4-5-10/h2-3,6H,4-5H2,1H3. The number of hydrogen-bond donors (Lipinski definition) is 0. The fourth-order valence-corrected chi connectivity index (χ4v) is 1.60. The van der Waals surface area contributed by atoms with Crippen LogP contribution >= 0.6 is 15.9 Å². The lowest BCUT2D eigenvalue weighted by molar-refractivity contribution is -0.385. The topological polar surface area (TPSA) is 52.4 Å². The van der Waals surface area contributed by atoms with Crippen molar-refractivity contribution in [2.75, 3.05) is 12.4 Å². The molecule has 4 nitrogen and oxygen atoms in total. The number of aryl methyl sites for hydroxylation is 1. The van der Waals surface area contributed by atoms with E-state index in [1.165, 1.54) is 6.07 Å². The third-order valence-corrected chi connectivity index (χ3v) is 2.24. The molecule has 0 heterocycles. The molecule has 0 aliphatic heterocycles. The summed E-state index contributed by atoms with van der Waals surface area (Å²) < 4.78 is 5.00. The summed E-state index contributed by atoms with van der Waals surface area (Å²) in [5, 5.41) is 11.3. The van der Waals surface area contributed by atoms with Crippen LogP contribution in [0.3, 0.4) is 0 Å². The van der Waals surface area contributed by atoms with Crippen LogP contribution in [0.25, 0.3) is 0 Å². The molecule has 5 heteroatoms. The Kier molecular flexibility index (Phi) is 3.88. The lowest BCUT2D eigenvalue weighted by atomic mass is 10.1. The molecule has 0 aliphatic rings. The predicted molar refractivity (Wildman–Crippen MR) is 57.1 cm³/mol. The van der Waals surface area contributed by atoms with E-state index in [-0.39, 0.29) is 10.6 Å². The van der Waals surface area contributed by atoms with Crippen LogP contribution in [0.15, 0.2) is 18.2 Å². The molecule has 1 rings (SSSR count). The summed E-state index contributed by atoms with van der Waals surface area (Å²) >= 11 is 3.25. The highest BCUT2D eigenvalue weighted by Gasteiger charge is 2.13. The van der Waals surface area contributed by atoms with E-state index >= 15 is 0 Å². The molecule has 0 bridgehead atoms. The van der Waals surface area contributed by atoms with Gasteiger partial charge in [-0.15, -0.1) is 0 Å². The molecule has 0 saturated carbocycles. The van der Waals surface area contributed by atoms with E-state index in [0.29, 0.717) is 23.1 Å². The molecule has 0 aromatic heterocycles. The van der Waals surface area contributed by atoms with Crippen molar-refractivity contribution in [3.63, 3.8) is 0 Å². The van der Waals surface area contributed by atoms with E-state index in [9.17, 15) is 10.1 Å². The van der Waals surface area contributed by atoms with Gasteiger partial charge in [0.2, 0.25) is 0 Å². The van der Waals surface area contributed by atoms with Gasteiger partial charge in [0.1, 0.15) is 5.75 Å². The second-order valence-corrected chi connectivity index (χ2v) is 3.48. The Labute approximate surface area is 90.2 Å². The SMILES string of the molecule is COc1ccc([N+](=O)[O-])c(CCBr)c1. The van der Waals surface area contributed by atoms with Crippen molar-refractivity contribution in [1.82, 2.24) is 0 Å². The lowest BCUT2D eigenvalue weighted by Crippen LogP contribution is -1.97. The van der Waals surface area contributed by atoms with Gasteiger partial charge >= 0.3 is 0 Å². The molecular weight excluding hydrogens is 250 g/mol. The second-order valence-electron chi connectivity index (χ2n) is 2.69. The van der Waals surface area contributed by atoms with Crippen molar-refractivity contribution >= 4 is 21.6 Å². The largest absolute Gasteiger partial charge is 0.497 e. The number of nitrogens with zero attached hydrogens (tertiary/aromatic N) is 1. The maximum atomic E-state index is 10.6. The van der Waals surface area contributed by atoms with Gasteiger partial charge in [-0.1, -0.05) is 15.9 Å². The van der Waals surface area contributed by atoms with E-state index < -0.39 is 0 Å². The first-order chi connectivity index (χ1) is 6.69. The summed E-state index contributed by atoms with van der Waals surface area (Å²) in [6.07, 6.45) is 0.619. The molecule has 0 atom stereocenters. The Morgan fingerprint density at radius 3 is 2.79 bits per heavy atom. The molecular formula is C9H10BrNO3. The average Bonchev–Trinajstić information content (AvgIpc) is 2.17. The number of hydrogen-bond acceptors (Lipinski definition) is 3. The van der Waals surface area contributed by atoms with Crippen molar-refractivity contribution in [1.29, 1.82) is 0 Å². The van der Waals surface area contributed by atoms with E-state index in [2.05, 4.69) is 15.9 Å². The highest BCUT2D eigenvalue weighted by Crippen LogP contribution is 2.24. The van der Waals surface area contributed by atoms with Crippen molar-refractivity contribution in [3.05, 3.63) is 33.9 Å². The molecule has 0 spiro atoms. The van der Waals surface area contributed by atoms with Crippen LogP contribution in [0, 0.1) is 10.1 Å². The number of benzene rings is 1. The summed E-state index contributed by atoms with van der Waals surface area (Å²) in [5.41, 5.74) is 0.830. The third-order valence-electron chi connectivity index (χ3n) is 1.85. The summed E-state index contributed by atoms with van der Waals surface area (Å²) in [5.74, 6) is 0.645. The molecule has 0 aliphatic carbocycles. The molecule has 1 aromatic carbocycles. The normalized spacial score (nSPS) is 9.86. The predicted octanol–water partition coefficient (Wildman–Crippen LogP) is 2.54. The number of nitro groups is 1. The van der Waals surface area contributed by atoms with Gasteiger partial charge in [-0.3, -0.25) is 10.1 Å². The van der Waals surface area contributed by atoms with E-state index in [4.69, 9.17) is 4.74 Å². The Bertz CT molecular complexity index is 341. The third kappa shape index (κ3) is 2.45. The van der Waals surface area contributed by atoms with E-state index in [1.54, 1.807) is 19.2 Å². The van der Waals surface area contributed by atoms with Gasteiger partial charge in [-0.25, -0.2) is 0 Å². The second kappa shape index (κ2) is 4.95. The van der Waals surface area contributed by atoms with Gasteiger partial charge in [-0.2, -0.15) is 0 Å². The van der Waals surface area contributed by atoms with Crippen molar-refractivity contribution in [2.24, 2.45) is 0 Å². The maximum Gasteiger partial charge on any atom is 0.272 e. The molecule has 0 fully saturated rings. The fourth-order valence-electron chi connectivity index (χ4n) is 1.17. The van der Waals surface area contributed by atoms with Crippen LogP contribution in [0.4, 0.5) is 5.69 Å². The highest BCUT2D eigenvalue weighted by molar-refractivity contribution is 9.09. The van der Waals surface area contributed by atoms with E-state index in [0.717, 1.165) is 0 Å². The molecule has 0 N–H and O–H groups in total. The highest BCUT2D eigenvalue weighted by atomic mass is 79.9. The molecule has 0 unspecified atom stereocenters.